The number of fused-ring (bicyclic) bond motifs is 1. The molecule has 0 bridgehead atoms. The molecule has 1 heterocycles. The SMILES string of the molecule is CNCC(=O)NC(C(=O)N1CCCC1C(N)=O)C1CCCCC1.c1ccc2c(c1)CCC2. The van der Waals surface area contributed by atoms with Crippen molar-refractivity contribution in [2.45, 2.75) is 76.3 Å². The normalized spacial score (nSPS) is 21.3. The highest BCUT2D eigenvalue weighted by Crippen LogP contribution is 2.29. The van der Waals surface area contributed by atoms with E-state index in [9.17, 15) is 14.4 Å². The van der Waals surface area contributed by atoms with Crippen LogP contribution in [0.1, 0.15) is 62.5 Å². The predicted molar refractivity (Wildman–Crippen MR) is 125 cm³/mol. The van der Waals surface area contributed by atoms with Crippen LogP contribution in [0.25, 0.3) is 0 Å². The van der Waals surface area contributed by atoms with Crippen LogP contribution in [0.3, 0.4) is 0 Å². The van der Waals surface area contributed by atoms with Gasteiger partial charge in [-0.05, 0) is 69.0 Å². The Balaban J connectivity index is 0.000000264. The molecule has 1 aromatic rings. The van der Waals surface area contributed by atoms with Crippen molar-refractivity contribution in [2.75, 3.05) is 20.1 Å². The summed E-state index contributed by atoms with van der Waals surface area (Å²) in [7, 11) is 1.70. The van der Waals surface area contributed by atoms with Crippen LogP contribution in [-0.2, 0) is 27.2 Å². The molecule has 1 saturated heterocycles. The molecule has 7 nitrogen and oxygen atoms in total. The minimum atomic E-state index is -0.545. The third-order valence-electron chi connectivity index (χ3n) is 6.92. The number of likely N-dealkylation sites (N-methyl/N-ethyl adjacent to an activating group) is 1. The molecular weight excluding hydrogens is 404 g/mol. The fourth-order valence-corrected chi connectivity index (χ4v) is 5.25. The molecule has 2 unspecified atom stereocenters. The molecule has 3 aliphatic rings. The topological polar surface area (TPSA) is 105 Å². The Morgan fingerprint density at radius 3 is 2.25 bits per heavy atom. The van der Waals surface area contributed by atoms with E-state index < -0.39 is 18.0 Å². The Morgan fingerprint density at radius 1 is 1.00 bits per heavy atom. The van der Waals surface area contributed by atoms with Crippen molar-refractivity contribution in [3.63, 3.8) is 0 Å². The highest BCUT2D eigenvalue weighted by Gasteiger charge is 2.39. The largest absolute Gasteiger partial charge is 0.368 e. The lowest BCUT2D eigenvalue weighted by Gasteiger charge is -2.34. The van der Waals surface area contributed by atoms with Crippen molar-refractivity contribution in [3.05, 3.63) is 35.4 Å². The lowest BCUT2D eigenvalue weighted by Crippen LogP contribution is -2.56. The van der Waals surface area contributed by atoms with Crippen LogP contribution in [0.15, 0.2) is 24.3 Å². The summed E-state index contributed by atoms with van der Waals surface area (Å²) >= 11 is 0. The number of hydrogen-bond donors (Lipinski definition) is 3. The number of nitrogens with zero attached hydrogens (tertiary/aromatic N) is 1. The van der Waals surface area contributed by atoms with Gasteiger partial charge in [0.25, 0.3) is 0 Å². The van der Waals surface area contributed by atoms with Crippen molar-refractivity contribution in [1.82, 2.24) is 15.5 Å². The first-order valence-electron chi connectivity index (χ1n) is 12.1. The van der Waals surface area contributed by atoms with Crippen LogP contribution >= 0.6 is 0 Å². The molecule has 4 rings (SSSR count). The van der Waals surface area contributed by atoms with Crippen molar-refractivity contribution < 1.29 is 14.4 Å². The van der Waals surface area contributed by atoms with Crippen LogP contribution in [0.4, 0.5) is 0 Å². The highest BCUT2D eigenvalue weighted by molar-refractivity contribution is 5.92. The third kappa shape index (κ3) is 6.31. The average Bonchev–Trinajstić information content (AvgIpc) is 3.48. The molecule has 2 fully saturated rings. The fraction of sp³-hybridized carbons (Fsp3) is 0.640. The summed E-state index contributed by atoms with van der Waals surface area (Å²) in [4.78, 5) is 38.1. The van der Waals surface area contributed by atoms with Gasteiger partial charge < -0.3 is 21.3 Å². The lowest BCUT2D eigenvalue weighted by atomic mass is 9.83. The monoisotopic (exact) mass is 442 g/mol. The maximum atomic E-state index is 13.0. The van der Waals surface area contributed by atoms with E-state index in [1.54, 1.807) is 23.1 Å². The third-order valence-corrected chi connectivity index (χ3v) is 6.92. The molecule has 4 N–H and O–H groups in total. The van der Waals surface area contributed by atoms with Gasteiger partial charge in [-0.2, -0.15) is 0 Å². The molecule has 0 spiro atoms. The van der Waals surface area contributed by atoms with Crippen molar-refractivity contribution in [3.8, 4) is 0 Å². The first-order chi connectivity index (χ1) is 15.5. The molecule has 0 aromatic heterocycles. The predicted octanol–water partition coefficient (Wildman–Crippen LogP) is 1.92. The molecule has 1 saturated carbocycles. The zero-order chi connectivity index (χ0) is 22.9. The summed E-state index contributed by atoms with van der Waals surface area (Å²) in [6, 6.07) is 7.66. The van der Waals surface area contributed by atoms with Crippen molar-refractivity contribution in [2.24, 2.45) is 11.7 Å². The first kappa shape index (κ1) is 24.2. The van der Waals surface area contributed by atoms with Crippen molar-refractivity contribution >= 4 is 17.7 Å². The summed E-state index contributed by atoms with van der Waals surface area (Å²) in [6.07, 6.45) is 10.6. The van der Waals surface area contributed by atoms with E-state index >= 15 is 0 Å². The maximum Gasteiger partial charge on any atom is 0.246 e. The van der Waals surface area contributed by atoms with E-state index in [1.165, 1.54) is 25.7 Å². The maximum absolute atomic E-state index is 13.0. The number of primary amides is 1. The number of aryl methyl sites for hydroxylation is 2. The van der Waals surface area contributed by atoms with Gasteiger partial charge in [-0.1, -0.05) is 43.5 Å². The Bertz CT molecular complexity index is 768. The quantitative estimate of drug-likeness (QED) is 0.626. The Morgan fingerprint density at radius 2 is 1.66 bits per heavy atom. The van der Waals surface area contributed by atoms with E-state index in [0.717, 1.165) is 32.1 Å². The van der Waals surface area contributed by atoms with Crippen LogP contribution in [0.2, 0.25) is 0 Å². The van der Waals surface area contributed by atoms with E-state index in [2.05, 4.69) is 34.9 Å². The number of nitrogens with one attached hydrogen (secondary N) is 2. The second-order valence-electron chi connectivity index (χ2n) is 9.19. The Hall–Kier alpha value is -2.41. The van der Waals surface area contributed by atoms with E-state index in [1.807, 2.05) is 0 Å². The molecule has 1 aromatic carbocycles. The van der Waals surface area contributed by atoms with Crippen LogP contribution in [-0.4, -0.2) is 54.8 Å². The van der Waals surface area contributed by atoms with Gasteiger partial charge in [-0.25, -0.2) is 0 Å². The molecule has 2 atom stereocenters. The summed E-state index contributed by atoms with van der Waals surface area (Å²) in [5, 5.41) is 5.68. The molecule has 7 heteroatoms. The molecule has 32 heavy (non-hydrogen) atoms. The average molecular weight is 443 g/mol. The van der Waals surface area contributed by atoms with Gasteiger partial charge in [0.15, 0.2) is 0 Å². The van der Waals surface area contributed by atoms with Gasteiger partial charge in [-0.3, -0.25) is 14.4 Å². The van der Waals surface area contributed by atoms with Crippen LogP contribution in [0, 0.1) is 5.92 Å². The highest BCUT2D eigenvalue weighted by atomic mass is 16.2. The number of nitrogens with two attached hydrogens (primary N) is 1. The molecule has 176 valence electrons. The van der Waals surface area contributed by atoms with Crippen LogP contribution < -0.4 is 16.4 Å². The van der Waals surface area contributed by atoms with Gasteiger partial charge in [0.2, 0.25) is 17.7 Å². The second kappa shape index (κ2) is 12.0. The van der Waals surface area contributed by atoms with Gasteiger partial charge in [0, 0.05) is 6.54 Å². The van der Waals surface area contributed by atoms with Gasteiger partial charge in [0.05, 0.1) is 6.54 Å². The van der Waals surface area contributed by atoms with Gasteiger partial charge in [-0.15, -0.1) is 0 Å². The number of carbonyl (C=O) groups excluding carboxylic acids is 3. The van der Waals surface area contributed by atoms with Gasteiger partial charge >= 0.3 is 0 Å². The Kier molecular flexibility index (Phi) is 9.09. The molecular formula is C25H38N4O3. The number of benzene rings is 1. The van der Waals surface area contributed by atoms with E-state index in [4.69, 9.17) is 5.73 Å². The summed E-state index contributed by atoms with van der Waals surface area (Å²) in [5.41, 5.74) is 8.56. The first-order valence-corrected chi connectivity index (χ1v) is 12.1. The fourth-order valence-electron chi connectivity index (χ4n) is 5.25. The van der Waals surface area contributed by atoms with Crippen molar-refractivity contribution in [1.29, 1.82) is 0 Å². The van der Waals surface area contributed by atoms with E-state index in [-0.39, 0.29) is 24.3 Å². The second-order valence-corrected chi connectivity index (χ2v) is 9.19. The number of amides is 3. The summed E-state index contributed by atoms with van der Waals surface area (Å²) < 4.78 is 0. The minimum Gasteiger partial charge on any atom is -0.368 e. The molecule has 0 radical (unpaired) electrons. The summed E-state index contributed by atoms with van der Waals surface area (Å²) in [6.45, 7) is 0.716. The smallest absolute Gasteiger partial charge is 0.246 e. The minimum absolute atomic E-state index is 0.145. The standard InChI is InChI=1S/C16H28N4O3.C9H10/c1-18-10-13(21)19-14(11-6-3-2-4-7-11)16(23)20-9-5-8-12(20)15(17)22;1-2-5-9-7-3-6-8(9)4-1/h11-12,14,18H,2-10H2,1H3,(H2,17,22)(H,19,21);1-2,4-5H,3,6-7H2. The molecule has 1 aliphatic heterocycles. The van der Waals surface area contributed by atoms with Gasteiger partial charge in [0.1, 0.15) is 12.1 Å². The number of hydrogen-bond acceptors (Lipinski definition) is 4. The molecule has 3 amide bonds. The number of carbonyl (C=O) groups is 3. The van der Waals surface area contributed by atoms with E-state index in [0.29, 0.717) is 13.0 Å². The zero-order valence-electron chi connectivity index (χ0n) is 19.3. The zero-order valence-corrected chi connectivity index (χ0v) is 19.3. The Labute approximate surface area is 191 Å². The number of likely N-dealkylation sites (tertiary alicyclic amines) is 1. The van der Waals surface area contributed by atoms with Crippen LogP contribution in [0.5, 0.6) is 0 Å². The lowest BCUT2D eigenvalue weighted by molar-refractivity contribution is -0.142. The molecule has 2 aliphatic carbocycles. The number of rotatable bonds is 6. The summed E-state index contributed by atoms with van der Waals surface area (Å²) in [5.74, 6) is -0.653.